The van der Waals surface area contributed by atoms with Crippen LogP contribution in [0.4, 0.5) is 11.4 Å². The highest BCUT2D eigenvalue weighted by Crippen LogP contribution is 2.45. The summed E-state index contributed by atoms with van der Waals surface area (Å²) in [4.78, 5) is 4.58. The Hall–Kier alpha value is -6.35. The number of nitriles is 3. The van der Waals surface area contributed by atoms with Crippen molar-refractivity contribution in [3.63, 3.8) is 0 Å². The van der Waals surface area contributed by atoms with Gasteiger partial charge in [-0.2, -0.15) is 15.8 Å². The molecule has 0 bridgehead atoms. The Morgan fingerprint density at radius 3 is 2.33 bits per heavy atom. The molecule has 5 heteroatoms. The van der Waals surface area contributed by atoms with Crippen LogP contribution >= 0.6 is 0 Å². The van der Waals surface area contributed by atoms with Gasteiger partial charge in [-0.25, -0.2) is 0 Å². The van der Waals surface area contributed by atoms with Crippen molar-refractivity contribution >= 4 is 11.4 Å². The fraction of sp³-hybridized carbons (Fsp3) is 0.159. The lowest BCUT2D eigenvalue weighted by molar-refractivity contribution is 0.559. The predicted octanol–water partition coefficient (Wildman–Crippen LogP) is 9.85. The molecule has 2 aliphatic carbocycles. The molecule has 3 aromatic carbocycles. The Morgan fingerprint density at radius 1 is 0.714 bits per heavy atom. The second kappa shape index (κ2) is 13.0. The number of para-hydroxylation sites is 1. The number of allylic oxidation sites excluding steroid dienone is 9. The number of hydrogen-bond acceptors (Lipinski definition) is 5. The summed E-state index contributed by atoms with van der Waals surface area (Å²) in [5.41, 5.74) is 11.2. The van der Waals surface area contributed by atoms with Gasteiger partial charge in [-0.05, 0) is 91.1 Å². The Morgan fingerprint density at radius 2 is 1.51 bits per heavy atom. The second-order valence-corrected chi connectivity index (χ2v) is 12.9. The number of fused-ring (bicyclic) bond motifs is 2. The maximum absolute atomic E-state index is 10.2. The van der Waals surface area contributed by atoms with Crippen LogP contribution in [0.5, 0.6) is 0 Å². The molecule has 0 saturated carbocycles. The first-order valence-corrected chi connectivity index (χ1v) is 16.5. The topological polar surface area (TPSA) is 77.8 Å². The van der Waals surface area contributed by atoms with E-state index >= 15 is 0 Å². The molecule has 0 aromatic heterocycles. The summed E-state index contributed by atoms with van der Waals surface area (Å²) in [5, 5.41) is 29.4. The lowest BCUT2D eigenvalue weighted by Crippen LogP contribution is -2.38. The van der Waals surface area contributed by atoms with Gasteiger partial charge in [-0.3, -0.25) is 0 Å². The van der Waals surface area contributed by atoms with Gasteiger partial charge in [0.1, 0.15) is 0 Å². The largest absolute Gasteiger partial charge is 0.337 e. The smallest absolute Gasteiger partial charge is 0.0992 e. The second-order valence-electron chi connectivity index (χ2n) is 12.9. The van der Waals surface area contributed by atoms with Crippen LogP contribution in [0.1, 0.15) is 25.8 Å². The van der Waals surface area contributed by atoms with Crippen LogP contribution in [0.25, 0.3) is 22.3 Å². The zero-order chi connectivity index (χ0) is 34.1. The van der Waals surface area contributed by atoms with Crippen molar-refractivity contribution in [3.05, 3.63) is 168 Å². The summed E-state index contributed by atoms with van der Waals surface area (Å²) in [7, 11) is 0. The predicted molar refractivity (Wildman–Crippen MR) is 198 cm³/mol. The third-order valence-corrected chi connectivity index (χ3v) is 10.1. The van der Waals surface area contributed by atoms with Gasteiger partial charge in [0.15, 0.2) is 0 Å². The van der Waals surface area contributed by atoms with E-state index in [-0.39, 0.29) is 23.9 Å². The average Bonchev–Trinajstić information content (AvgIpc) is 3.43. The molecule has 0 radical (unpaired) electrons. The lowest BCUT2D eigenvalue weighted by atomic mass is 9.88. The van der Waals surface area contributed by atoms with E-state index in [1.165, 1.54) is 11.3 Å². The highest BCUT2D eigenvalue weighted by atomic mass is 15.2. The van der Waals surface area contributed by atoms with Gasteiger partial charge in [0.2, 0.25) is 0 Å². The van der Waals surface area contributed by atoms with E-state index < -0.39 is 0 Å². The van der Waals surface area contributed by atoms with Crippen LogP contribution in [0, 0.1) is 45.8 Å². The van der Waals surface area contributed by atoms with Crippen LogP contribution in [0.2, 0.25) is 0 Å². The molecule has 2 heterocycles. The molecule has 3 aromatic rings. The molecule has 5 nitrogen and oxygen atoms in total. The molecule has 0 amide bonds. The lowest BCUT2D eigenvalue weighted by Gasteiger charge is -2.37. The first-order valence-electron chi connectivity index (χ1n) is 16.5. The summed E-state index contributed by atoms with van der Waals surface area (Å²) in [6.07, 6.45) is 21.0. The SMILES string of the molecule is C=C1/C=C\C(C#N)=C/CC2C=CC=CC2N1c1cc(C#N)cc(-c2cccc(-c3ccccc3N3C(C)=C(C)C4C=C(C#N)C=CC43)c2)c1. The monoisotopic (exact) mass is 633 g/mol. The Balaban J connectivity index is 1.29. The summed E-state index contributed by atoms with van der Waals surface area (Å²) in [6, 6.07) is 30.1. The molecule has 4 aliphatic rings. The molecule has 0 N–H and O–H groups in total. The zero-order valence-electron chi connectivity index (χ0n) is 27.6. The molecule has 7 rings (SSSR count). The third-order valence-electron chi connectivity index (χ3n) is 10.1. The molecule has 0 spiro atoms. The van der Waals surface area contributed by atoms with Gasteiger partial charge >= 0.3 is 0 Å². The van der Waals surface area contributed by atoms with Crippen LogP contribution in [-0.4, -0.2) is 12.1 Å². The first-order chi connectivity index (χ1) is 23.9. The van der Waals surface area contributed by atoms with Crippen molar-refractivity contribution in [1.29, 1.82) is 15.8 Å². The highest BCUT2D eigenvalue weighted by molar-refractivity contribution is 5.85. The van der Waals surface area contributed by atoms with Gasteiger partial charge in [0, 0.05) is 51.3 Å². The van der Waals surface area contributed by atoms with Crippen molar-refractivity contribution < 1.29 is 0 Å². The van der Waals surface area contributed by atoms with E-state index in [1.54, 1.807) is 0 Å². The fourth-order valence-corrected chi connectivity index (χ4v) is 7.49. The van der Waals surface area contributed by atoms with Crippen LogP contribution < -0.4 is 9.80 Å². The van der Waals surface area contributed by atoms with Gasteiger partial charge in [-0.15, -0.1) is 0 Å². The van der Waals surface area contributed by atoms with E-state index in [0.29, 0.717) is 23.1 Å². The highest BCUT2D eigenvalue weighted by Gasteiger charge is 2.37. The number of anilines is 2. The summed E-state index contributed by atoms with van der Waals surface area (Å²) < 4.78 is 0. The molecule has 4 atom stereocenters. The Kier molecular flexibility index (Phi) is 8.32. The summed E-state index contributed by atoms with van der Waals surface area (Å²) in [6.45, 7) is 8.74. The molecule has 4 unspecified atom stereocenters. The van der Waals surface area contributed by atoms with Crippen molar-refractivity contribution in [2.45, 2.75) is 32.4 Å². The van der Waals surface area contributed by atoms with E-state index in [0.717, 1.165) is 39.3 Å². The maximum Gasteiger partial charge on any atom is 0.0992 e. The molecule has 49 heavy (non-hydrogen) atoms. The van der Waals surface area contributed by atoms with Gasteiger partial charge in [0.05, 0.1) is 35.9 Å². The van der Waals surface area contributed by atoms with Crippen molar-refractivity contribution in [1.82, 2.24) is 0 Å². The molecular formula is C44H35N5. The van der Waals surface area contributed by atoms with Crippen LogP contribution in [0.3, 0.4) is 0 Å². The van der Waals surface area contributed by atoms with Gasteiger partial charge < -0.3 is 9.80 Å². The van der Waals surface area contributed by atoms with Gasteiger partial charge in [-0.1, -0.05) is 85.5 Å². The molecule has 236 valence electrons. The van der Waals surface area contributed by atoms with Crippen LogP contribution in [0.15, 0.2) is 162 Å². The van der Waals surface area contributed by atoms with E-state index in [4.69, 9.17) is 0 Å². The molecular weight excluding hydrogens is 599 g/mol. The molecule has 0 saturated heterocycles. The van der Waals surface area contributed by atoms with Gasteiger partial charge in [0.25, 0.3) is 0 Å². The zero-order valence-corrected chi connectivity index (χ0v) is 27.6. The maximum atomic E-state index is 10.2. The quantitative estimate of drug-likeness (QED) is 0.286. The van der Waals surface area contributed by atoms with Crippen LogP contribution in [-0.2, 0) is 0 Å². The number of rotatable bonds is 4. The minimum Gasteiger partial charge on any atom is -0.337 e. The number of benzene rings is 3. The van der Waals surface area contributed by atoms with Crippen molar-refractivity contribution in [2.75, 3.05) is 9.80 Å². The van der Waals surface area contributed by atoms with Crippen molar-refractivity contribution in [3.8, 4) is 40.5 Å². The van der Waals surface area contributed by atoms with E-state index in [2.05, 4.69) is 139 Å². The first kappa shape index (κ1) is 31.3. The fourth-order valence-electron chi connectivity index (χ4n) is 7.49. The average molecular weight is 634 g/mol. The standard InChI is InChI=1S/C44H35N5/c1-29-15-16-32(26-45)17-19-35-9-4-6-13-42(35)48(29)39-22-34(28-47)21-38(25-39)36-10-8-11-37(24-36)40-12-5-7-14-43(40)49-31(3)30(2)41-23-33(27-46)18-20-44(41)49/h4-18,20-25,35,41-42,44H,1,19H2,2-3H3/b16-15-,32-17+. The normalized spacial score (nSPS) is 24.3. The minimum atomic E-state index is -0.0339. The number of nitrogens with zero attached hydrogens (tertiary/aromatic N) is 5. The molecule has 2 aliphatic heterocycles. The Labute approximate surface area is 288 Å². The minimum absolute atomic E-state index is 0.0339. The molecule has 0 fully saturated rings. The van der Waals surface area contributed by atoms with E-state index in [9.17, 15) is 15.8 Å². The Bertz CT molecular complexity index is 2220. The van der Waals surface area contributed by atoms with Crippen molar-refractivity contribution in [2.24, 2.45) is 11.8 Å². The summed E-state index contributed by atoms with van der Waals surface area (Å²) >= 11 is 0. The third kappa shape index (κ3) is 5.76. The number of hydrogen-bond donors (Lipinski definition) is 0. The summed E-state index contributed by atoms with van der Waals surface area (Å²) in [5.74, 6) is 0.283. The van der Waals surface area contributed by atoms with E-state index in [1.807, 2.05) is 36.4 Å².